The summed E-state index contributed by atoms with van der Waals surface area (Å²) < 4.78 is 4.92. The van der Waals surface area contributed by atoms with Gasteiger partial charge in [-0.05, 0) is 6.42 Å². The molecule has 0 bridgehead atoms. The third kappa shape index (κ3) is 3.55. The Kier molecular flexibility index (Phi) is 5.37. The topological polar surface area (TPSA) is 77.2 Å². The molecule has 1 rings (SSSR count). The number of rotatable bonds is 6. The Morgan fingerprint density at radius 3 is 3.00 bits per heavy atom. The predicted octanol–water partition coefficient (Wildman–Crippen LogP) is 0.295. The molecular formula is C10H17N3O2S. The summed E-state index contributed by atoms with van der Waals surface area (Å²) in [5.74, 6) is -0.198. The molecule has 90 valence electrons. The van der Waals surface area contributed by atoms with Crippen LogP contribution < -0.4 is 11.1 Å². The number of thiazole rings is 1. The fourth-order valence-electron chi connectivity index (χ4n) is 1.19. The summed E-state index contributed by atoms with van der Waals surface area (Å²) in [6.07, 6.45) is 0.339. The summed E-state index contributed by atoms with van der Waals surface area (Å²) >= 11 is 1.60. The fourth-order valence-corrected chi connectivity index (χ4v) is 1.94. The smallest absolute Gasteiger partial charge is 0.250 e. The number of nitrogens with one attached hydrogen (secondary N) is 1. The first kappa shape index (κ1) is 13.1. The lowest BCUT2D eigenvalue weighted by molar-refractivity contribution is -0.130. The first-order valence-electron chi connectivity index (χ1n) is 5.15. The molecule has 0 spiro atoms. The molecule has 1 atom stereocenters. The van der Waals surface area contributed by atoms with Gasteiger partial charge in [0.1, 0.15) is 6.10 Å². The first-order chi connectivity index (χ1) is 7.71. The Morgan fingerprint density at radius 1 is 1.75 bits per heavy atom. The fraction of sp³-hybridized carbons (Fsp3) is 0.600. The number of methoxy groups -OCH3 is 1. The molecule has 1 aromatic rings. The van der Waals surface area contributed by atoms with Gasteiger partial charge >= 0.3 is 0 Å². The molecule has 1 heterocycles. The zero-order valence-corrected chi connectivity index (χ0v) is 10.3. The van der Waals surface area contributed by atoms with Crippen LogP contribution in [0.25, 0.3) is 0 Å². The molecular weight excluding hydrogens is 226 g/mol. The van der Waals surface area contributed by atoms with Crippen molar-refractivity contribution in [1.82, 2.24) is 10.3 Å². The number of carbonyl (C=O) groups is 1. The van der Waals surface area contributed by atoms with E-state index in [0.717, 1.165) is 17.1 Å². The van der Waals surface area contributed by atoms with Crippen LogP contribution in [0.5, 0.6) is 0 Å². The van der Waals surface area contributed by atoms with Crippen molar-refractivity contribution in [2.24, 2.45) is 5.73 Å². The van der Waals surface area contributed by atoms with Gasteiger partial charge in [0.15, 0.2) is 0 Å². The molecule has 0 saturated carbocycles. The highest BCUT2D eigenvalue weighted by molar-refractivity contribution is 7.09. The Balaban J connectivity index is 2.41. The van der Waals surface area contributed by atoms with Gasteiger partial charge in [0, 0.05) is 19.0 Å². The van der Waals surface area contributed by atoms with Gasteiger partial charge in [-0.1, -0.05) is 6.92 Å². The highest BCUT2D eigenvalue weighted by Crippen LogP contribution is 2.09. The van der Waals surface area contributed by atoms with Crippen LogP contribution in [0, 0.1) is 0 Å². The minimum atomic E-state index is -0.579. The maximum atomic E-state index is 11.5. The summed E-state index contributed by atoms with van der Waals surface area (Å²) in [7, 11) is 1.47. The predicted molar refractivity (Wildman–Crippen MR) is 63.2 cm³/mol. The van der Waals surface area contributed by atoms with Gasteiger partial charge in [-0.3, -0.25) is 4.79 Å². The second-order valence-electron chi connectivity index (χ2n) is 3.26. The van der Waals surface area contributed by atoms with Gasteiger partial charge in [0.25, 0.3) is 5.91 Å². The number of nitrogens with two attached hydrogens (primary N) is 1. The SMILES string of the molecule is CCc1nc(CNC(=O)C(CN)OC)cs1. The van der Waals surface area contributed by atoms with Crippen LogP contribution in [-0.4, -0.2) is 30.6 Å². The molecule has 16 heavy (non-hydrogen) atoms. The van der Waals surface area contributed by atoms with E-state index in [1.54, 1.807) is 11.3 Å². The molecule has 6 heteroatoms. The van der Waals surface area contributed by atoms with Crippen molar-refractivity contribution < 1.29 is 9.53 Å². The third-order valence-corrected chi connectivity index (χ3v) is 3.18. The highest BCUT2D eigenvalue weighted by Gasteiger charge is 2.15. The minimum Gasteiger partial charge on any atom is -0.370 e. The van der Waals surface area contributed by atoms with Gasteiger partial charge in [-0.2, -0.15) is 0 Å². The number of aryl methyl sites for hydroxylation is 1. The molecule has 3 N–H and O–H groups in total. The lowest BCUT2D eigenvalue weighted by atomic mass is 10.3. The normalized spacial score (nSPS) is 12.4. The van der Waals surface area contributed by atoms with Crippen molar-refractivity contribution in [3.8, 4) is 0 Å². The Hall–Kier alpha value is -0.980. The van der Waals surface area contributed by atoms with Crippen molar-refractivity contribution in [3.63, 3.8) is 0 Å². The second-order valence-corrected chi connectivity index (χ2v) is 4.21. The van der Waals surface area contributed by atoms with Gasteiger partial charge in [0.2, 0.25) is 0 Å². The summed E-state index contributed by atoms with van der Waals surface area (Å²) in [4.78, 5) is 15.9. The Labute approximate surface area is 99.0 Å². The molecule has 0 aliphatic heterocycles. The number of hydrogen-bond donors (Lipinski definition) is 2. The van der Waals surface area contributed by atoms with Gasteiger partial charge in [0.05, 0.1) is 17.2 Å². The monoisotopic (exact) mass is 243 g/mol. The molecule has 0 aromatic carbocycles. The molecule has 0 aliphatic carbocycles. The summed E-state index contributed by atoms with van der Waals surface area (Å²) in [5.41, 5.74) is 6.26. The number of aromatic nitrogens is 1. The Morgan fingerprint density at radius 2 is 2.50 bits per heavy atom. The van der Waals surface area contributed by atoms with Crippen molar-refractivity contribution in [2.45, 2.75) is 26.0 Å². The summed E-state index contributed by atoms with van der Waals surface area (Å²) in [6, 6.07) is 0. The Bertz CT molecular complexity index is 337. The van der Waals surface area contributed by atoms with Gasteiger partial charge in [-0.25, -0.2) is 4.98 Å². The van der Waals surface area contributed by atoms with Crippen molar-refractivity contribution in [1.29, 1.82) is 0 Å². The van der Waals surface area contributed by atoms with E-state index in [0.29, 0.717) is 6.54 Å². The van der Waals surface area contributed by atoms with Crippen LogP contribution in [0.2, 0.25) is 0 Å². The number of hydrogen-bond acceptors (Lipinski definition) is 5. The van der Waals surface area contributed by atoms with Crippen LogP contribution in [0.3, 0.4) is 0 Å². The van der Waals surface area contributed by atoms with E-state index < -0.39 is 6.10 Å². The average Bonchev–Trinajstić information content (AvgIpc) is 2.76. The zero-order chi connectivity index (χ0) is 12.0. The standard InChI is InChI=1S/C10H17N3O2S/c1-3-9-13-7(6-16-9)5-12-10(14)8(4-11)15-2/h6,8H,3-5,11H2,1-2H3,(H,12,14). The van der Waals surface area contributed by atoms with Crippen LogP contribution in [0.15, 0.2) is 5.38 Å². The quantitative estimate of drug-likeness (QED) is 0.753. The van der Waals surface area contributed by atoms with Crippen molar-refractivity contribution in [3.05, 3.63) is 16.1 Å². The zero-order valence-electron chi connectivity index (χ0n) is 9.53. The summed E-state index contributed by atoms with van der Waals surface area (Å²) in [5, 5.41) is 5.76. The van der Waals surface area contributed by atoms with E-state index in [2.05, 4.69) is 17.2 Å². The highest BCUT2D eigenvalue weighted by atomic mass is 32.1. The van der Waals surface area contributed by atoms with Gasteiger partial charge < -0.3 is 15.8 Å². The average molecular weight is 243 g/mol. The number of nitrogens with zero attached hydrogens (tertiary/aromatic N) is 1. The molecule has 0 saturated heterocycles. The van der Waals surface area contributed by atoms with Crippen LogP contribution in [-0.2, 0) is 22.5 Å². The van der Waals surface area contributed by atoms with Crippen LogP contribution in [0.4, 0.5) is 0 Å². The molecule has 1 amide bonds. The van der Waals surface area contributed by atoms with E-state index in [1.807, 2.05) is 5.38 Å². The first-order valence-corrected chi connectivity index (χ1v) is 6.03. The third-order valence-electron chi connectivity index (χ3n) is 2.14. The van der Waals surface area contributed by atoms with E-state index >= 15 is 0 Å². The molecule has 1 unspecified atom stereocenters. The largest absolute Gasteiger partial charge is 0.370 e. The van der Waals surface area contributed by atoms with E-state index in [-0.39, 0.29) is 12.5 Å². The minimum absolute atomic E-state index is 0.180. The van der Waals surface area contributed by atoms with E-state index in [9.17, 15) is 4.79 Å². The van der Waals surface area contributed by atoms with Crippen LogP contribution in [0.1, 0.15) is 17.6 Å². The lowest BCUT2D eigenvalue weighted by Gasteiger charge is -2.11. The summed E-state index contributed by atoms with van der Waals surface area (Å²) in [6.45, 7) is 2.66. The van der Waals surface area contributed by atoms with Crippen molar-refractivity contribution >= 4 is 17.2 Å². The number of amides is 1. The number of ether oxygens (including phenoxy) is 1. The van der Waals surface area contributed by atoms with E-state index in [1.165, 1.54) is 7.11 Å². The van der Waals surface area contributed by atoms with Gasteiger partial charge in [-0.15, -0.1) is 11.3 Å². The van der Waals surface area contributed by atoms with E-state index in [4.69, 9.17) is 10.5 Å². The second kappa shape index (κ2) is 6.57. The van der Waals surface area contributed by atoms with Crippen molar-refractivity contribution in [2.75, 3.05) is 13.7 Å². The maximum Gasteiger partial charge on any atom is 0.250 e. The molecule has 1 aromatic heterocycles. The maximum absolute atomic E-state index is 11.5. The molecule has 0 radical (unpaired) electrons. The molecule has 5 nitrogen and oxygen atoms in total. The van der Waals surface area contributed by atoms with Crippen LogP contribution >= 0.6 is 11.3 Å². The number of carbonyl (C=O) groups excluding carboxylic acids is 1. The lowest BCUT2D eigenvalue weighted by Crippen LogP contribution is -2.40. The molecule has 0 fully saturated rings. The molecule has 0 aliphatic rings.